The molecule has 1 spiro atoms. The van der Waals surface area contributed by atoms with Gasteiger partial charge in [-0.05, 0) is 49.2 Å². The maximum atomic E-state index is 15.3. The van der Waals surface area contributed by atoms with Gasteiger partial charge in [0.2, 0.25) is 5.95 Å². The minimum Gasteiger partial charge on any atom is -0.371 e. The molecule has 1 atom stereocenters. The number of hydrogen-bond donors (Lipinski definition) is 2. The Balaban J connectivity index is 1.38. The first-order valence-electron chi connectivity index (χ1n) is 10.7. The minimum absolute atomic E-state index is 0.0678. The number of carbonyl (C=O) groups is 1. The third kappa shape index (κ3) is 2.99. The zero-order chi connectivity index (χ0) is 23.4. The first-order chi connectivity index (χ1) is 16.5. The van der Waals surface area contributed by atoms with Crippen molar-refractivity contribution in [3.8, 4) is 11.4 Å². The van der Waals surface area contributed by atoms with Crippen molar-refractivity contribution in [2.75, 3.05) is 10.2 Å². The van der Waals surface area contributed by atoms with Crippen molar-refractivity contribution in [3.05, 3.63) is 84.4 Å². The predicted molar refractivity (Wildman–Crippen MR) is 119 cm³/mol. The normalized spacial score (nSPS) is 17.6. The first kappa shape index (κ1) is 20.4. The lowest BCUT2D eigenvalue weighted by Gasteiger charge is -2.25. The second-order valence-electron chi connectivity index (χ2n) is 8.30. The number of nitrogens with zero attached hydrogens (tertiary/aromatic N) is 5. The fourth-order valence-electron chi connectivity index (χ4n) is 4.50. The first-order valence-corrected chi connectivity index (χ1v) is 10.7. The number of anilines is 3. The van der Waals surface area contributed by atoms with Gasteiger partial charge in [-0.15, -0.1) is 0 Å². The van der Waals surface area contributed by atoms with Gasteiger partial charge >= 0.3 is 0 Å². The molecular weight excluding hydrogens is 442 g/mol. The van der Waals surface area contributed by atoms with Crippen molar-refractivity contribution in [1.29, 1.82) is 0 Å². The molecule has 2 N–H and O–H groups in total. The highest BCUT2D eigenvalue weighted by molar-refractivity contribution is 6.02. The number of amides is 1. The molecule has 0 saturated heterocycles. The van der Waals surface area contributed by atoms with Crippen LogP contribution in [0.2, 0.25) is 0 Å². The number of carbonyl (C=O) groups excluding carboxylic acids is 1. The van der Waals surface area contributed by atoms with E-state index in [2.05, 4.69) is 20.3 Å². The van der Waals surface area contributed by atoms with Crippen LogP contribution in [0.1, 0.15) is 23.3 Å². The van der Waals surface area contributed by atoms with E-state index in [1.165, 1.54) is 17.2 Å². The Morgan fingerprint density at radius 1 is 1.03 bits per heavy atom. The number of halogens is 2. The molecule has 1 aromatic carbocycles. The monoisotopic (exact) mass is 460 g/mol. The molecule has 2 aliphatic rings. The highest BCUT2D eigenvalue weighted by Crippen LogP contribution is 2.58. The Morgan fingerprint density at radius 2 is 1.74 bits per heavy atom. The third-order valence-electron chi connectivity index (χ3n) is 6.23. The second-order valence-corrected chi connectivity index (χ2v) is 8.30. The Hall–Kier alpha value is -4.18. The summed E-state index contributed by atoms with van der Waals surface area (Å²) in [4.78, 5) is 26.2. The van der Waals surface area contributed by atoms with E-state index in [9.17, 15) is 9.90 Å². The van der Waals surface area contributed by atoms with Gasteiger partial charge in [-0.3, -0.25) is 24.2 Å². The van der Waals surface area contributed by atoms with Crippen LogP contribution in [0.5, 0.6) is 0 Å². The molecular formula is C24H18F2N6O2. The molecule has 0 bridgehead atoms. The predicted octanol–water partition coefficient (Wildman–Crippen LogP) is 3.83. The van der Waals surface area contributed by atoms with Gasteiger partial charge < -0.3 is 10.4 Å². The summed E-state index contributed by atoms with van der Waals surface area (Å²) in [5.41, 5.74) is 0.184. The number of pyridine rings is 2. The SMILES string of the molecule is O=C(Nc1cc(F)c(N2c3ncc(-c4ccccn4)n3C3(CC3)C2O)c(F)c1)c1ccccn1. The maximum absolute atomic E-state index is 15.3. The van der Waals surface area contributed by atoms with Crippen LogP contribution in [-0.4, -0.2) is 36.8 Å². The molecule has 1 aliphatic heterocycles. The molecule has 1 saturated carbocycles. The van der Waals surface area contributed by atoms with Gasteiger partial charge in [0.1, 0.15) is 11.4 Å². The molecule has 4 aromatic rings. The van der Waals surface area contributed by atoms with E-state index >= 15 is 8.78 Å². The summed E-state index contributed by atoms with van der Waals surface area (Å²) in [5, 5.41) is 13.6. The number of rotatable bonds is 4. The summed E-state index contributed by atoms with van der Waals surface area (Å²) in [6, 6.07) is 12.2. The lowest BCUT2D eigenvalue weighted by atomic mass is 10.1. The smallest absolute Gasteiger partial charge is 0.274 e. The fraction of sp³-hybridized carbons (Fsp3) is 0.167. The van der Waals surface area contributed by atoms with E-state index in [-0.39, 0.29) is 17.3 Å². The summed E-state index contributed by atoms with van der Waals surface area (Å²) in [6.07, 6.45) is 4.74. The summed E-state index contributed by atoms with van der Waals surface area (Å²) in [7, 11) is 0. The maximum Gasteiger partial charge on any atom is 0.274 e. The van der Waals surface area contributed by atoms with Gasteiger partial charge in [0.25, 0.3) is 5.91 Å². The van der Waals surface area contributed by atoms with Crippen LogP contribution in [0.4, 0.5) is 26.1 Å². The van der Waals surface area contributed by atoms with Gasteiger partial charge in [-0.25, -0.2) is 13.8 Å². The average Bonchev–Trinajstić information content (AvgIpc) is 3.48. The Bertz CT molecular complexity index is 1380. The molecule has 3 aromatic heterocycles. The van der Waals surface area contributed by atoms with Gasteiger partial charge in [0.05, 0.1) is 23.1 Å². The number of aliphatic hydroxyl groups is 1. The van der Waals surface area contributed by atoms with Crippen molar-refractivity contribution in [2.24, 2.45) is 0 Å². The van der Waals surface area contributed by atoms with Crippen LogP contribution in [0.15, 0.2) is 67.1 Å². The highest BCUT2D eigenvalue weighted by atomic mass is 19.1. The molecule has 8 nitrogen and oxygen atoms in total. The Labute approximate surface area is 192 Å². The Kier molecular flexibility index (Phi) is 4.46. The molecule has 1 aliphatic carbocycles. The van der Waals surface area contributed by atoms with Gasteiger partial charge in [0.15, 0.2) is 17.9 Å². The summed E-state index contributed by atoms with van der Waals surface area (Å²) < 4.78 is 32.4. The summed E-state index contributed by atoms with van der Waals surface area (Å²) in [5.74, 6) is -2.25. The van der Waals surface area contributed by atoms with Crippen LogP contribution in [0.25, 0.3) is 11.4 Å². The van der Waals surface area contributed by atoms with Crippen molar-refractivity contribution < 1.29 is 18.7 Å². The van der Waals surface area contributed by atoms with Crippen molar-refractivity contribution >= 4 is 23.2 Å². The molecule has 6 rings (SSSR count). The van der Waals surface area contributed by atoms with Gasteiger partial charge in [0, 0.05) is 18.1 Å². The molecule has 4 heterocycles. The number of fused-ring (bicyclic) bond motifs is 2. The van der Waals surface area contributed by atoms with Gasteiger partial charge in [-0.1, -0.05) is 12.1 Å². The third-order valence-corrected chi connectivity index (χ3v) is 6.23. The molecule has 34 heavy (non-hydrogen) atoms. The van der Waals surface area contributed by atoms with Crippen LogP contribution in [0, 0.1) is 11.6 Å². The van der Waals surface area contributed by atoms with Gasteiger partial charge in [-0.2, -0.15) is 0 Å². The molecule has 10 heteroatoms. The molecule has 1 unspecified atom stereocenters. The van der Waals surface area contributed by atoms with Crippen LogP contribution in [-0.2, 0) is 5.54 Å². The van der Waals surface area contributed by atoms with E-state index in [0.29, 0.717) is 24.2 Å². The van der Waals surface area contributed by atoms with E-state index < -0.39 is 35.0 Å². The largest absolute Gasteiger partial charge is 0.371 e. The van der Waals surface area contributed by atoms with Crippen LogP contribution >= 0.6 is 0 Å². The molecule has 1 amide bonds. The number of imidazole rings is 1. The van der Waals surface area contributed by atoms with Crippen molar-refractivity contribution in [3.63, 3.8) is 0 Å². The van der Waals surface area contributed by atoms with E-state index in [4.69, 9.17) is 0 Å². The van der Waals surface area contributed by atoms with E-state index in [0.717, 1.165) is 12.1 Å². The average molecular weight is 460 g/mol. The lowest BCUT2D eigenvalue weighted by Crippen LogP contribution is -2.36. The number of nitrogens with one attached hydrogen (secondary N) is 1. The lowest BCUT2D eigenvalue weighted by molar-refractivity contribution is 0.102. The molecule has 170 valence electrons. The minimum atomic E-state index is -1.21. The molecule has 0 radical (unpaired) electrons. The number of aliphatic hydroxyl groups excluding tert-OH is 1. The van der Waals surface area contributed by atoms with E-state index in [1.807, 2.05) is 16.7 Å². The quantitative estimate of drug-likeness (QED) is 0.481. The number of hydrogen-bond acceptors (Lipinski definition) is 6. The standard InChI is InChI=1S/C24H18F2N6O2/c25-15-11-14(30-21(33)18-6-2-4-10-28-18)12-16(26)20(15)31-22(34)24(7-8-24)32-19(13-29-23(31)32)17-5-1-3-9-27-17/h1-6,9-13,22,34H,7-8H2,(H,30,33). The van der Waals surface area contributed by atoms with Crippen molar-refractivity contribution in [2.45, 2.75) is 24.6 Å². The highest BCUT2D eigenvalue weighted by Gasteiger charge is 2.61. The second kappa shape index (κ2) is 7.42. The molecule has 1 fully saturated rings. The number of benzene rings is 1. The van der Waals surface area contributed by atoms with Crippen LogP contribution < -0.4 is 10.2 Å². The topological polar surface area (TPSA) is 96.2 Å². The van der Waals surface area contributed by atoms with E-state index in [1.54, 1.807) is 30.6 Å². The zero-order valence-corrected chi connectivity index (χ0v) is 17.7. The Morgan fingerprint density at radius 3 is 2.35 bits per heavy atom. The summed E-state index contributed by atoms with van der Waals surface area (Å²) >= 11 is 0. The van der Waals surface area contributed by atoms with Crippen LogP contribution in [0.3, 0.4) is 0 Å². The summed E-state index contributed by atoms with van der Waals surface area (Å²) in [6.45, 7) is 0. The zero-order valence-electron chi connectivity index (χ0n) is 17.7. The van der Waals surface area contributed by atoms with Crippen molar-refractivity contribution in [1.82, 2.24) is 19.5 Å². The fourth-order valence-corrected chi connectivity index (χ4v) is 4.50. The number of aromatic nitrogens is 4.